The van der Waals surface area contributed by atoms with Crippen LogP contribution in [0.15, 0.2) is 168 Å². The Kier molecular flexibility index (Phi) is 7.02. The van der Waals surface area contributed by atoms with Crippen LogP contribution in [0.3, 0.4) is 0 Å². The quantitative estimate of drug-likeness (QED) is 0.170. The zero-order valence-electron chi connectivity index (χ0n) is 27.7. The third kappa shape index (κ3) is 5.05. The SMILES string of the molecule is [C-]#[N+]c1ccc2sc3c(-c4cccc(-c5cccc(-c6nc(-c7cccc(-c8ccccc8)c7)c7oc8ccccc8c7n6)c5)c4)cccc3c2c1. The highest BCUT2D eigenvalue weighted by atomic mass is 32.1. The van der Waals surface area contributed by atoms with E-state index in [0.29, 0.717) is 17.1 Å². The van der Waals surface area contributed by atoms with Crippen molar-refractivity contribution in [2.24, 2.45) is 0 Å². The van der Waals surface area contributed by atoms with Gasteiger partial charge in [0, 0.05) is 25.9 Å². The van der Waals surface area contributed by atoms with E-state index in [1.165, 1.54) is 20.3 Å². The second kappa shape index (κ2) is 12.2. The lowest BCUT2D eigenvalue weighted by atomic mass is 9.97. The Morgan fingerprint density at radius 3 is 1.96 bits per heavy atom. The number of hydrogen-bond donors (Lipinski definition) is 0. The van der Waals surface area contributed by atoms with Gasteiger partial charge >= 0.3 is 0 Å². The third-order valence-electron chi connectivity index (χ3n) is 9.70. The van der Waals surface area contributed by atoms with E-state index in [-0.39, 0.29) is 0 Å². The maximum atomic E-state index is 7.50. The predicted molar refractivity (Wildman–Crippen MR) is 216 cm³/mol. The Bertz CT molecular complexity index is 3040. The zero-order chi connectivity index (χ0) is 34.6. The number of rotatable bonds is 5. The second-order valence-electron chi connectivity index (χ2n) is 12.9. The van der Waals surface area contributed by atoms with Crippen molar-refractivity contribution in [1.82, 2.24) is 9.97 Å². The summed E-state index contributed by atoms with van der Waals surface area (Å²) in [5.74, 6) is 0.644. The molecule has 0 N–H and O–H groups in total. The first-order valence-electron chi connectivity index (χ1n) is 17.1. The molecular formula is C47H27N3OS. The fraction of sp³-hybridized carbons (Fsp3) is 0. The molecule has 0 saturated heterocycles. The summed E-state index contributed by atoms with van der Waals surface area (Å²) in [5.41, 5.74) is 12.4. The summed E-state index contributed by atoms with van der Waals surface area (Å²) >= 11 is 1.78. The number of hydrogen-bond acceptors (Lipinski definition) is 4. The van der Waals surface area contributed by atoms with Crippen LogP contribution in [0.25, 0.3) is 103 Å². The maximum Gasteiger partial charge on any atom is 0.187 e. The van der Waals surface area contributed by atoms with Crippen LogP contribution in [0.5, 0.6) is 0 Å². The van der Waals surface area contributed by atoms with Gasteiger partial charge in [0.1, 0.15) is 16.8 Å². The fourth-order valence-corrected chi connectivity index (χ4v) is 8.40. The molecule has 0 bridgehead atoms. The molecule has 7 aromatic carbocycles. The predicted octanol–water partition coefficient (Wildman–Crippen LogP) is 13.6. The molecule has 5 heteroatoms. The molecule has 0 spiro atoms. The monoisotopic (exact) mass is 681 g/mol. The minimum Gasteiger partial charge on any atom is -0.452 e. The lowest BCUT2D eigenvalue weighted by molar-refractivity contribution is 0.667. The second-order valence-corrected chi connectivity index (χ2v) is 13.9. The summed E-state index contributed by atoms with van der Waals surface area (Å²) in [6, 6.07) is 56.5. The number of nitrogens with zero attached hydrogens (tertiary/aromatic N) is 3. The highest BCUT2D eigenvalue weighted by molar-refractivity contribution is 7.26. The minimum absolute atomic E-state index is 0.644. The van der Waals surface area contributed by atoms with Gasteiger partial charge in [-0.15, -0.1) is 11.3 Å². The van der Waals surface area contributed by atoms with Crippen molar-refractivity contribution in [3.8, 4) is 56.0 Å². The average molecular weight is 682 g/mol. The summed E-state index contributed by atoms with van der Waals surface area (Å²) < 4.78 is 8.86. The van der Waals surface area contributed by atoms with Crippen molar-refractivity contribution in [1.29, 1.82) is 0 Å². The maximum absolute atomic E-state index is 7.50. The first kappa shape index (κ1) is 30.0. The van der Waals surface area contributed by atoms with Gasteiger partial charge in [0.2, 0.25) is 0 Å². The number of para-hydroxylation sites is 1. The van der Waals surface area contributed by atoms with Crippen molar-refractivity contribution in [2.75, 3.05) is 0 Å². The number of furan rings is 1. The standard InChI is InChI=1S/C47H27N3OS/c1-48-36-23-24-42-40(28-36)38-21-10-20-37(46(38)52-42)33-16-7-14-31(25-33)32-15-9-18-35(27-32)47-49-43(45-44(50-47)39-19-5-6-22-41(39)51-45)34-17-8-13-30(26-34)29-11-3-2-4-12-29/h2-28H. The van der Waals surface area contributed by atoms with Crippen LogP contribution < -0.4 is 0 Å². The molecule has 0 saturated carbocycles. The van der Waals surface area contributed by atoms with Crippen molar-refractivity contribution in [3.63, 3.8) is 0 Å². The molecule has 0 aliphatic heterocycles. The largest absolute Gasteiger partial charge is 0.452 e. The van der Waals surface area contributed by atoms with Crippen LogP contribution in [0.2, 0.25) is 0 Å². The fourth-order valence-electron chi connectivity index (χ4n) is 7.18. The lowest BCUT2D eigenvalue weighted by Crippen LogP contribution is -1.94. The first-order valence-corrected chi connectivity index (χ1v) is 17.9. The number of aromatic nitrogens is 2. The first-order chi connectivity index (χ1) is 25.7. The van der Waals surface area contributed by atoms with Gasteiger partial charge in [0.05, 0.1) is 6.57 Å². The Hall–Kier alpha value is -6.87. The van der Waals surface area contributed by atoms with E-state index in [4.69, 9.17) is 21.0 Å². The molecule has 0 aliphatic rings. The Balaban J connectivity index is 1.09. The molecular weight excluding hydrogens is 655 g/mol. The minimum atomic E-state index is 0.644. The van der Waals surface area contributed by atoms with E-state index in [1.807, 2.05) is 36.4 Å². The Labute approximate surface area is 303 Å². The van der Waals surface area contributed by atoms with Crippen molar-refractivity contribution >= 4 is 59.3 Å². The van der Waals surface area contributed by atoms with Gasteiger partial charge in [0.25, 0.3) is 0 Å². The summed E-state index contributed by atoms with van der Waals surface area (Å²) in [7, 11) is 0. The van der Waals surface area contributed by atoms with Crippen LogP contribution in [0.4, 0.5) is 5.69 Å². The van der Waals surface area contributed by atoms with E-state index in [1.54, 1.807) is 11.3 Å². The van der Waals surface area contributed by atoms with E-state index in [9.17, 15) is 0 Å². The van der Waals surface area contributed by atoms with Crippen LogP contribution in [0.1, 0.15) is 0 Å². The Morgan fingerprint density at radius 1 is 0.500 bits per heavy atom. The number of benzene rings is 7. The molecule has 0 fully saturated rings. The van der Waals surface area contributed by atoms with Gasteiger partial charge in [0.15, 0.2) is 17.1 Å². The van der Waals surface area contributed by atoms with Crippen molar-refractivity contribution < 1.29 is 4.42 Å². The molecule has 52 heavy (non-hydrogen) atoms. The van der Waals surface area contributed by atoms with Crippen LogP contribution >= 0.6 is 11.3 Å². The summed E-state index contributed by atoms with van der Waals surface area (Å²) in [6.45, 7) is 7.50. The van der Waals surface area contributed by atoms with Crippen molar-refractivity contribution in [2.45, 2.75) is 0 Å². The lowest BCUT2D eigenvalue weighted by Gasteiger charge is -2.10. The Morgan fingerprint density at radius 2 is 1.13 bits per heavy atom. The van der Waals surface area contributed by atoms with Gasteiger partial charge < -0.3 is 4.42 Å². The van der Waals surface area contributed by atoms with E-state index in [0.717, 1.165) is 66.5 Å². The zero-order valence-corrected chi connectivity index (χ0v) is 28.6. The molecule has 0 atom stereocenters. The molecule has 3 aromatic heterocycles. The number of fused-ring (bicyclic) bond motifs is 6. The molecule has 0 amide bonds. The van der Waals surface area contributed by atoms with Gasteiger partial charge in [-0.2, -0.15) is 0 Å². The molecule has 242 valence electrons. The molecule has 0 unspecified atom stereocenters. The smallest absolute Gasteiger partial charge is 0.187 e. The van der Waals surface area contributed by atoms with Gasteiger partial charge in [-0.05, 0) is 80.6 Å². The topological polar surface area (TPSA) is 43.3 Å². The van der Waals surface area contributed by atoms with Gasteiger partial charge in [-0.25, -0.2) is 14.8 Å². The third-order valence-corrected chi connectivity index (χ3v) is 10.9. The summed E-state index contributed by atoms with van der Waals surface area (Å²) in [5, 5.41) is 3.28. The van der Waals surface area contributed by atoms with Crippen molar-refractivity contribution in [3.05, 3.63) is 175 Å². The van der Waals surface area contributed by atoms with Crippen LogP contribution in [0, 0.1) is 6.57 Å². The van der Waals surface area contributed by atoms with E-state index in [2.05, 4.69) is 132 Å². The normalized spacial score (nSPS) is 11.4. The van der Waals surface area contributed by atoms with Gasteiger partial charge in [-0.3, -0.25) is 0 Å². The molecule has 4 nitrogen and oxygen atoms in total. The van der Waals surface area contributed by atoms with Crippen LogP contribution in [-0.4, -0.2) is 9.97 Å². The highest BCUT2D eigenvalue weighted by Crippen LogP contribution is 2.42. The molecule has 0 radical (unpaired) electrons. The summed E-state index contributed by atoms with van der Waals surface area (Å²) in [6.07, 6.45) is 0. The van der Waals surface area contributed by atoms with Gasteiger partial charge in [-0.1, -0.05) is 127 Å². The molecule has 0 aliphatic carbocycles. The highest BCUT2D eigenvalue weighted by Gasteiger charge is 2.19. The summed E-state index contributed by atoms with van der Waals surface area (Å²) in [4.78, 5) is 14.0. The van der Waals surface area contributed by atoms with Crippen LogP contribution in [-0.2, 0) is 0 Å². The molecule has 10 aromatic rings. The molecule has 10 rings (SSSR count). The number of thiophene rings is 1. The molecule has 3 heterocycles. The van der Waals surface area contributed by atoms with E-state index >= 15 is 0 Å². The average Bonchev–Trinajstić information content (AvgIpc) is 3.79. The van der Waals surface area contributed by atoms with E-state index < -0.39 is 0 Å².